The Bertz CT molecular complexity index is 647. The summed E-state index contributed by atoms with van der Waals surface area (Å²) in [6.45, 7) is 2.12. The first-order valence-corrected chi connectivity index (χ1v) is 6.53. The summed E-state index contributed by atoms with van der Waals surface area (Å²) in [6, 6.07) is 7.04. The lowest BCUT2D eigenvalue weighted by molar-refractivity contribution is -0.577. The molecular formula is C15H15NO3. The lowest BCUT2D eigenvalue weighted by atomic mass is 10.1. The van der Waals surface area contributed by atoms with Crippen LogP contribution in [-0.2, 0) is 4.74 Å². The molecule has 98 valence electrons. The third-order valence-corrected chi connectivity index (χ3v) is 3.41. The molecule has 0 unspecified atom stereocenters. The van der Waals surface area contributed by atoms with Gasteiger partial charge in [-0.1, -0.05) is 0 Å². The van der Waals surface area contributed by atoms with Crippen LogP contribution in [0.15, 0.2) is 30.5 Å². The minimum absolute atomic E-state index is 0.348. The normalized spacial score (nSPS) is 14.6. The summed E-state index contributed by atoms with van der Waals surface area (Å²) in [7, 11) is 0. The van der Waals surface area contributed by atoms with Gasteiger partial charge in [-0.2, -0.15) is 4.73 Å². The molecule has 3 rings (SSSR count). The standard InChI is InChI=1S/C15H15NO3/c1-2-19-15(17)11-5-6-14-12(7-11)8-13(9-16(14)18)10-3-4-10/h5-10H,2-4H2,1H3. The van der Waals surface area contributed by atoms with E-state index >= 15 is 0 Å². The average Bonchev–Trinajstić information content (AvgIpc) is 3.22. The molecule has 1 fully saturated rings. The minimum atomic E-state index is -0.348. The van der Waals surface area contributed by atoms with Crippen molar-refractivity contribution in [2.75, 3.05) is 6.61 Å². The second-order valence-electron chi connectivity index (χ2n) is 4.87. The average molecular weight is 257 g/mol. The molecule has 0 N–H and O–H groups in total. The fourth-order valence-electron chi connectivity index (χ4n) is 2.27. The van der Waals surface area contributed by atoms with Crippen molar-refractivity contribution in [3.8, 4) is 0 Å². The lowest BCUT2D eigenvalue weighted by Crippen LogP contribution is -2.27. The SMILES string of the molecule is CCOC(=O)c1ccc2c(c1)cc(C1CC1)c[n+]2[O-]. The smallest absolute Gasteiger partial charge is 0.338 e. The largest absolute Gasteiger partial charge is 0.618 e. The van der Waals surface area contributed by atoms with E-state index in [-0.39, 0.29) is 5.97 Å². The quantitative estimate of drug-likeness (QED) is 0.482. The van der Waals surface area contributed by atoms with Gasteiger partial charge in [0.1, 0.15) is 0 Å². The molecule has 2 aromatic rings. The molecule has 4 nitrogen and oxygen atoms in total. The summed E-state index contributed by atoms with van der Waals surface area (Å²) >= 11 is 0. The number of nitrogens with zero attached hydrogens (tertiary/aromatic N) is 1. The monoisotopic (exact) mass is 257 g/mol. The summed E-state index contributed by atoms with van der Waals surface area (Å²) in [5, 5.41) is 12.7. The predicted octanol–water partition coefficient (Wildman–Crippen LogP) is 2.53. The number of pyridine rings is 1. The van der Waals surface area contributed by atoms with Crippen molar-refractivity contribution in [3.05, 3.63) is 46.8 Å². The number of hydrogen-bond acceptors (Lipinski definition) is 3. The maximum absolute atomic E-state index is 11.9. The zero-order chi connectivity index (χ0) is 13.4. The van der Waals surface area contributed by atoms with Gasteiger partial charge in [0.05, 0.1) is 12.2 Å². The van der Waals surface area contributed by atoms with E-state index in [0.717, 1.165) is 28.5 Å². The first-order chi connectivity index (χ1) is 9.19. The molecule has 0 spiro atoms. The molecule has 1 aliphatic rings. The van der Waals surface area contributed by atoms with E-state index < -0.39 is 0 Å². The first-order valence-electron chi connectivity index (χ1n) is 6.53. The van der Waals surface area contributed by atoms with Gasteiger partial charge in [-0.05, 0) is 43.9 Å². The van der Waals surface area contributed by atoms with Crippen LogP contribution in [0.3, 0.4) is 0 Å². The Balaban J connectivity index is 2.07. The van der Waals surface area contributed by atoms with E-state index in [2.05, 4.69) is 0 Å². The molecule has 1 saturated carbocycles. The summed E-state index contributed by atoms with van der Waals surface area (Å²) in [5.74, 6) is 0.162. The lowest BCUT2D eigenvalue weighted by Gasteiger charge is -2.06. The van der Waals surface area contributed by atoms with Gasteiger partial charge in [-0.15, -0.1) is 0 Å². The number of carbonyl (C=O) groups is 1. The van der Waals surface area contributed by atoms with Crippen LogP contribution in [-0.4, -0.2) is 12.6 Å². The maximum atomic E-state index is 11.9. The maximum Gasteiger partial charge on any atom is 0.338 e. The zero-order valence-electron chi connectivity index (χ0n) is 10.8. The Kier molecular flexibility index (Phi) is 2.85. The van der Waals surface area contributed by atoms with E-state index in [4.69, 9.17) is 4.74 Å². The van der Waals surface area contributed by atoms with Crippen LogP contribution in [0.25, 0.3) is 10.9 Å². The molecule has 1 heterocycles. The molecule has 0 amide bonds. The molecule has 19 heavy (non-hydrogen) atoms. The third-order valence-electron chi connectivity index (χ3n) is 3.41. The fourth-order valence-corrected chi connectivity index (χ4v) is 2.27. The molecule has 1 aromatic heterocycles. The number of carbonyl (C=O) groups excluding carboxylic acids is 1. The van der Waals surface area contributed by atoms with E-state index in [9.17, 15) is 10.0 Å². The van der Waals surface area contributed by atoms with E-state index in [1.165, 1.54) is 0 Å². The van der Waals surface area contributed by atoms with Gasteiger partial charge in [0.2, 0.25) is 5.52 Å². The van der Waals surface area contributed by atoms with E-state index in [1.807, 2.05) is 6.07 Å². The molecule has 0 saturated heterocycles. The van der Waals surface area contributed by atoms with Crippen LogP contribution >= 0.6 is 0 Å². The van der Waals surface area contributed by atoms with Crippen molar-refractivity contribution >= 4 is 16.9 Å². The summed E-state index contributed by atoms with van der Waals surface area (Å²) in [6.07, 6.45) is 3.93. The minimum Gasteiger partial charge on any atom is -0.618 e. The van der Waals surface area contributed by atoms with Crippen molar-refractivity contribution in [3.63, 3.8) is 0 Å². The zero-order valence-corrected chi connectivity index (χ0v) is 10.8. The molecule has 0 atom stereocenters. The van der Waals surface area contributed by atoms with Gasteiger partial charge in [0.15, 0.2) is 6.20 Å². The third kappa shape index (κ3) is 2.26. The predicted molar refractivity (Wildman–Crippen MR) is 70.8 cm³/mol. The van der Waals surface area contributed by atoms with Gasteiger partial charge < -0.3 is 9.94 Å². The van der Waals surface area contributed by atoms with Crippen molar-refractivity contribution in [1.29, 1.82) is 0 Å². The Labute approximate surface area is 111 Å². The Morgan fingerprint density at radius 1 is 1.42 bits per heavy atom. The van der Waals surface area contributed by atoms with Crippen LogP contribution in [0.2, 0.25) is 0 Å². The number of rotatable bonds is 3. The molecule has 1 aliphatic carbocycles. The number of fused-ring (bicyclic) bond motifs is 1. The van der Waals surface area contributed by atoms with Crippen molar-refractivity contribution in [2.24, 2.45) is 0 Å². The number of esters is 1. The van der Waals surface area contributed by atoms with E-state index in [1.54, 1.807) is 31.3 Å². The fraction of sp³-hybridized carbons (Fsp3) is 0.333. The molecular weight excluding hydrogens is 242 g/mol. The van der Waals surface area contributed by atoms with Gasteiger partial charge in [-0.3, -0.25) is 0 Å². The molecule has 0 radical (unpaired) electrons. The highest BCUT2D eigenvalue weighted by molar-refractivity contribution is 5.94. The van der Waals surface area contributed by atoms with Gasteiger partial charge in [-0.25, -0.2) is 4.79 Å². The highest BCUT2D eigenvalue weighted by Crippen LogP contribution is 2.40. The number of benzene rings is 1. The van der Waals surface area contributed by atoms with Crippen LogP contribution in [0.4, 0.5) is 0 Å². The summed E-state index contributed by atoms with van der Waals surface area (Å²) in [5.41, 5.74) is 2.13. The van der Waals surface area contributed by atoms with Crippen molar-refractivity contribution in [1.82, 2.24) is 0 Å². The Morgan fingerprint density at radius 2 is 2.21 bits per heavy atom. The van der Waals surface area contributed by atoms with Gasteiger partial charge in [0, 0.05) is 17.0 Å². The molecule has 4 heteroatoms. The molecule has 0 aliphatic heterocycles. The van der Waals surface area contributed by atoms with Crippen LogP contribution in [0.1, 0.15) is 41.6 Å². The molecule has 1 aromatic carbocycles. The topological polar surface area (TPSA) is 53.2 Å². The Morgan fingerprint density at radius 3 is 2.89 bits per heavy atom. The highest BCUT2D eigenvalue weighted by Gasteiger charge is 2.26. The van der Waals surface area contributed by atoms with Gasteiger partial charge in [0.25, 0.3) is 0 Å². The highest BCUT2D eigenvalue weighted by atomic mass is 16.5. The van der Waals surface area contributed by atoms with Crippen molar-refractivity contribution < 1.29 is 14.3 Å². The van der Waals surface area contributed by atoms with Crippen LogP contribution in [0, 0.1) is 5.21 Å². The second kappa shape index (κ2) is 4.53. The van der Waals surface area contributed by atoms with Crippen LogP contribution in [0.5, 0.6) is 0 Å². The second-order valence-corrected chi connectivity index (χ2v) is 4.87. The summed E-state index contributed by atoms with van der Waals surface area (Å²) < 4.78 is 5.86. The van der Waals surface area contributed by atoms with Crippen molar-refractivity contribution in [2.45, 2.75) is 25.7 Å². The van der Waals surface area contributed by atoms with E-state index in [0.29, 0.717) is 23.6 Å². The summed E-state index contributed by atoms with van der Waals surface area (Å²) in [4.78, 5) is 11.7. The van der Waals surface area contributed by atoms with Gasteiger partial charge >= 0.3 is 5.97 Å². The van der Waals surface area contributed by atoms with Crippen LogP contribution < -0.4 is 4.73 Å². The number of aromatic nitrogens is 1. The first kappa shape index (κ1) is 12.0. The molecule has 0 bridgehead atoms. The number of hydrogen-bond donors (Lipinski definition) is 0. The Hall–Kier alpha value is -2.10. The number of ether oxygens (including phenoxy) is 1.